The lowest BCUT2D eigenvalue weighted by Gasteiger charge is -2.10. The minimum atomic E-state index is -0.628. The van der Waals surface area contributed by atoms with Crippen LogP contribution in [0.25, 0.3) is 6.08 Å². The van der Waals surface area contributed by atoms with Gasteiger partial charge in [-0.3, -0.25) is 4.79 Å². The van der Waals surface area contributed by atoms with Crippen LogP contribution in [0.3, 0.4) is 0 Å². The zero-order valence-electron chi connectivity index (χ0n) is 17.2. The number of amides is 1. The van der Waals surface area contributed by atoms with Gasteiger partial charge < -0.3 is 19.5 Å². The van der Waals surface area contributed by atoms with Crippen LogP contribution in [0.1, 0.15) is 37.3 Å². The normalized spacial score (nSPS) is 11.7. The molecule has 0 fully saturated rings. The van der Waals surface area contributed by atoms with Crippen molar-refractivity contribution >= 4 is 23.6 Å². The SMILES string of the molecule is CC[C@H](C)c1ccc(NC(=O)COC(=O)/C=C/c2cc(OC)ccc2OC)cc1. The molecule has 0 radical (unpaired) electrons. The minimum absolute atomic E-state index is 0.370. The summed E-state index contributed by atoms with van der Waals surface area (Å²) >= 11 is 0. The average Bonchev–Trinajstić information content (AvgIpc) is 2.75. The Balaban J connectivity index is 1.87. The molecule has 2 aromatic rings. The Morgan fingerprint density at radius 3 is 2.41 bits per heavy atom. The monoisotopic (exact) mass is 397 g/mol. The van der Waals surface area contributed by atoms with Crippen LogP contribution in [0.2, 0.25) is 0 Å². The number of esters is 1. The van der Waals surface area contributed by atoms with Crippen LogP contribution in [-0.4, -0.2) is 32.7 Å². The number of carbonyl (C=O) groups is 2. The van der Waals surface area contributed by atoms with Crippen LogP contribution in [0.15, 0.2) is 48.5 Å². The van der Waals surface area contributed by atoms with E-state index >= 15 is 0 Å². The van der Waals surface area contributed by atoms with Gasteiger partial charge in [-0.2, -0.15) is 0 Å². The predicted molar refractivity (Wildman–Crippen MR) is 113 cm³/mol. The molecule has 2 aromatic carbocycles. The van der Waals surface area contributed by atoms with Crippen molar-refractivity contribution < 1.29 is 23.8 Å². The third-order valence-electron chi connectivity index (χ3n) is 4.56. The number of hydrogen-bond acceptors (Lipinski definition) is 5. The summed E-state index contributed by atoms with van der Waals surface area (Å²) in [5, 5.41) is 2.71. The maximum Gasteiger partial charge on any atom is 0.331 e. The Kier molecular flexibility index (Phi) is 8.27. The van der Waals surface area contributed by atoms with Crippen molar-refractivity contribution in [2.45, 2.75) is 26.2 Å². The standard InChI is InChI=1S/C23H27NO5/c1-5-16(2)17-6-9-19(10-7-17)24-22(25)15-29-23(26)13-8-18-14-20(27-3)11-12-21(18)28-4/h6-14,16H,5,15H2,1-4H3,(H,24,25)/b13-8+/t16-/m0/s1. The van der Waals surface area contributed by atoms with Crippen molar-refractivity contribution in [1.29, 1.82) is 0 Å². The van der Waals surface area contributed by atoms with Crippen molar-refractivity contribution in [1.82, 2.24) is 0 Å². The average molecular weight is 397 g/mol. The van der Waals surface area contributed by atoms with E-state index in [1.165, 1.54) is 18.7 Å². The van der Waals surface area contributed by atoms with E-state index in [0.717, 1.165) is 6.42 Å². The Bertz CT molecular complexity index is 858. The molecule has 0 aromatic heterocycles. The summed E-state index contributed by atoms with van der Waals surface area (Å²) < 4.78 is 15.4. The van der Waals surface area contributed by atoms with Gasteiger partial charge in [-0.15, -0.1) is 0 Å². The summed E-state index contributed by atoms with van der Waals surface area (Å²) in [6.45, 7) is 3.92. The third kappa shape index (κ3) is 6.68. The summed E-state index contributed by atoms with van der Waals surface area (Å²) in [4.78, 5) is 23.9. The van der Waals surface area contributed by atoms with E-state index in [1.54, 1.807) is 31.4 Å². The zero-order chi connectivity index (χ0) is 21.2. The molecule has 6 nitrogen and oxygen atoms in total. The fourth-order valence-corrected chi connectivity index (χ4v) is 2.64. The van der Waals surface area contributed by atoms with Gasteiger partial charge in [0, 0.05) is 17.3 Å². The number of carbonyl (C=O) groups excluding carboxylic acids is 2. The van der Waals surface area contributed by atoms with Crippen LogP contribution in [0.4, 0.5) is 5.69 Å². The molecule has 0 bridgehead atoms. The van der Waals surface area contributed by atoms with Gasteiger partial charge in [0.05, 0.1) is 14.2 Å². The number of ether oxygens (including phenoxy) is 3. The van der Waals surface area contributed by atoms with Crippen molar-refractivity contribution in [3.05, 3.63) is 59.7 Å². The molecule has 0 aliphatic rings. The van der Waals surface area contributed by atoms with Gasteiger partial charge in [0.2, 0.25) is 0 Å². The van der Waals surface area contributed by atoms with Crippen LogP contribution in [0, 0.1) is 0 Å². The van der Waals surface area contributed by atoms with Crippen LogP contribution in [-0.2, 0) is 14.3 Å². The molecule has 0 saturated heterocycles. The molecular formula is C23H27NO5. The van der Waals surface area contributed by atoms with Gasteiger partial charge >= 0.3 is 5.97 Å². The predicted octanol–water partition coefficient (Wildman–Crippen LogP) is 4.41. The van der Waals surface area contributed by atoms with Gasteiger partial charge in [0.15, 0.2) is 6.61 Å². The van der Waals surface area contributed by atoms with E-state index in [4.69, 9.17) is 14.2 Å². The lowest BCUT2D eigenvalue weighted by molar-refractivity contribution is -0.142. The van der Waals surface area contributed by atoms with Crippen LogP contribution >= 0.6 is 0 Å². The second kappa shape index (κ2) is 10.9. The maximum atomic E-state index is 12.0. The molecule has 1 atom stereocenters. The lowest BCUT2D eigenvalue weighted by atomic mass is 9.99. The van der Waals surface area contributed by atoms with Gasteiger partial charge in [-0.1, -0.05) is 26.0 Å². The molecule has 1 N–H and O–H groups in total. The highest BCUT2D eigenvalue weighted by atomic mass is 16.5. The molecule has 0 saturated carbocycles. The molecule has 0 spiro atoms. The van der Waals surface area contributed by atoms with Crippen molar-refractivity contribution in [2.75, 3.05) is 26.1 Å². The van der Waals surface area contributed by atoms with Crippen LogP contribution in [0.5, 0.6) is 11.5 Å². The Morgan fingerprint density at radius 1 is 1.07 bits per heavy atom. The first-order valence-electron chi connectivity index (χ1n) is 9.43. The summed E-state index contributed by atoms with van der Waals surface area (Å²) in [6, 6.07) is 12.9. The molecule has 0 aliphatic carbocycles. The molecule has 1 amide bonds. The molecule has 0 aliphatic heterocycles. The number of rotatable bonds is 9. The van der Waals surface area contributed by atoms with Crippen molar-refractivity contribution in [3.8, 4) is 11.5 Å². The molecule has 6 heteroatoms. The van der Waals surface area contributed by atoms with E-state index in [-0.39, 0.29) is 6.61 Å². The smallest absolute Gasteiger partial charge is 0.331 e. The summed E-state index contributed by atoms with van der Waals surface area (Å²) in [5.74, 6) is 0.667. The second-order valence-electron chi connectivity index (χ2n) is 6.53. The summed E-state index contributed by atoms with van der Waals surface area (Å²) in [7, 11) is 3.09. The Morgan fingerprint density at radius 2 is 1.79 bits per heavy atom. The topological polar surface area (TPSA) is 73.9 Å². The minimum Gasteiger partial charge on any atom is -0.497 e. The largest absolute Gasteiger partial charge is 0.497 e. The first-order valence-corrected chi connectivity index (χ1v) is 9.43. The summed E-state index contributed by atoms with van der Waals surface area (Å²) in [6.07, 6.45) is 3.84. The quantitative estimate of drug-likeness (QED) is 0.501. The molecule has 0 heterocycles. The first-order chi connectivity index (χ1) is 14.0. The lowest BCUT2D eigenvalue weighted by Crippen LogP contribution is -2.20. The van der Waals surface area contributed by atoms with E-state index in [0.29, 0.717) is 28.7 Å². The number of methoxy groups -OCH3 is 2. The van der Waals surface area contributed by atoms with E-state index in [9.17, 15) is 9.59 Å². The van der Waals surface area contributed by atoms with E-state index < -0.39 is 11.9 Å². The van der Waals surface area contributed by atoms with Gasteiger partial charge in [-0.05, 0) is 54.3 Å². The Labute approximate surface area is 171 Å². The molecule has 29 heavy (non-hydrogen) atoms. The van der Waals surface area contributed by atoms with Gasteiger partial charge in [-0.25, -0.2) is 4.79 Å². The fraction of sp³-hybridized carbons (Fsp3) is 0.304. The van der Waals surface area contributed by atoms with Gasteiger partial charge in [0.25, 0.3) is 5.91 Å². The molecule has 0 unspecified atom stereocenters. The zero-order valence-corrected chi connectivity index (χ0v) is 17.2. The molecular weight excluding hydrogens is 370 g/mol. The van der Waals surface area contributed by atoms with E-state index in [2.05, 4.69) is 19.2 Å². The van der Waals surface area contributed by atoms with Crippen LogP contribution < -0.4 is 14.8 Å². The van der Waals surface area contributed by atoms with Gasteiger partial charge in [0.1, 0.15) is 11.5 Å². The number of hydrogen-bond donors (Lipinski definition) is 1. The number of benzene rings is 2. The first kappa shape index (κ1) is 22.0. The second-order valence-corrected chi connectivity index (χ2v) is 6.53. The number of anilines is 1. The highest BCUT2D eigenvalue weighted by molar-refractivity contribution is 5.94. The van der Waals surface area contributed by atoms with Crippen molar-refractivity contribution in [2.24, 2.45) is 0 Å². The summed E-state index contributed by atoms with van der Waals surface area (Å²) in [5.41, 5.74) is 2.54. The highest BCUT2D eigenvalue weighted by Crippen LogP contribution is 2.25. The Hall–Kier alpha value is -3.28. The third-order valence-corrected chi connectivity index (χ3v) is 4.56. The molecule has 154 valence electrons. The highest BCUT2D eigenvalue weighted by Gasteiger charge is 2.08. The van der Waals surface area contributed by atoms with Crippen molar-refractivity contribution in [3.63, 3.8) is 0 Å². The number of nitrogens with one attached hydrogen (secondary N) is 1. The maximum absolute atomic E-state index is 12.0. The fourth-order valence-electron chi connectivity index (χ4n) is 2.64. The molecule has 2 rings (SSSR count). The van der Waals surface area contributed by atoms with E-state index in [1.807, 2.05) is 24.3 Å².